The second kappa shape index (κ2) is 7.87. The van der Waals surface area contributed by atoms with Crippen molar-refractivity contribution >= 4 is 11.6 Å². The second-order valence-electron chi connectivity index (χ2n) is 6.38. The van der Waals surface area contributed by atoms with Gasteiger partial charge < -0.3 is 4.74 Å². The number of nitrogens with zero attached hydrogens (tertiary/aromatic N) is 3. The first kappa shape index (κ1) is 19.7. The Labute approximate surface area is 158 Å². The molecule has 6 nitrogen and oxygen atoms in total. The molecule has 2 heterocycles. The van der Waals surface area contributed by atoms with Crippen molar-refractivity contribution in [2.24, 2.45) is 0 Å². The van der Waals surface area contributed by atoms with Crippen LogP contribution in [0.15, 0.2) is 53.5 Å². The van der Waals surface area contributed by atoms with Crippen molar-refractivity contribution in [3.05, 3.63) is 70.3 Å². The van der Waals surface area contributed by atoms with Crippen molar-refractivity contribution in [2.75, 3.05) is 6.61 Å². The zero-order valence-electron chi connectivity index (χ0n) is 15.0. The number of benzene rings is 1. The lowest BCUT2D eigenvalue weighted by Gasteiger charge is -2.13. The quantitative estimate of drug-likeness (QED) is 0.603. The molecule has 0 amide bonds. The maximum Gasteiger partial charge on any atom is 0.416 e. The van der Waals surface area contributed by atoms with Crippen LogP contribution in [0, 0.1) is 0 Å². The van der Waals surface area contributed by atoms with E-state index in [1.165, 1.54) is 21.2 Å². The zero-order chi connectivity index (χ0) is 20.3. The molecule has 0 radical (unpaired) electrons. The molecule has 0 aliphatic heterocycles. The third-order valence-electron chi connectivity index (χ3n) is 4.33. The van der Waals surface area contributed by atoms with Gasteiger partial charge >= 0.3 is 17.8 Å². The van der Waals surface area contributed by atoms with E-state index in [9.17, 15) is 22.8 Å². The van der Waals surface area contributed by atoms with Crippen LogP contribution in [0.5, 0.6) is 0 Å². The summed E-state index contributed by atoms with van der Waals surface area (Å²) in [5.74, 6) is -0.795. The highest BCUT2D eigenvalue weighted by Gasteiger charge is 2.30. The molecule has 3 aromatic rings. The van der Waals surface area contributed by atoms with E-state index in [4.69, 9.17) is 4.74 Å². The van der Waals surface area contributed by atoms with Crippen LogP contribution in [-0.2, 0) is 22.3 Å². The van der Waals surface area contributed by atoms with Gasteiger partial charge in [-0.25, -0.2) is 9.48 Å². The molecule has 0 fully saturated rings. The summed E-state index contributed by atoms with van der Waals surface area (Å²) in [7, 11) is 0. The van der Waals surface area contributed by atoms with Gasteiger partial charge in [-0.15, -0.1) is 5.10 Å². The van der Waals surface area contributed by atoms with Crippen LogP contribution in [0.25, 0.3) is 5.65 Å². The Kier molecular flexibility index (Phi) is 5.53. The molecule has 1 aromatic carbocycles. The minimum atomic E-state index is -4.39. The third-order valence-corrected chi connectivity index (χ3v) is 4.33. The van der Waals surface area contributed by atoms with Crippen LogP contribution < -0.4 is 5.69 Å². The maximum atomic E-state index is 12.6. The summed E-state index contributed by atoms with van der Waals surface area (Å²) in [6, 6.07) is 9.86. The number of fused-ring (bicyclic) bond motifs is 1. The van der Waals surface area contributed by atoms with Crippen LogP contribution in [0.4, 0.5) is 13.2 Å². The molecule has 0 aliphatic rings. The van der Waals surface area contributed by atoms with Gasteiger partial charge in [0.1, 0.15) is 6.61 Å². The van der Waals surface area contributed by atoms with Crippen molar-refractivity contribution in [1.82, 2.24) is 14.2 Å². The molecule has 28 heavy (non-hydrogen) atoms. The highest BCUT2D eigenvalue weighted by atomic mass is 19.4. The lowest BCUT2D eigenvalue weighted by Crippen LogP contribution is -2.24. The van der Waals surface area contributed by atoms with Crippen LogP contribution in [0.1, 0.15) is 30.4 Å². The molecular weight excluding hydrogens is 375 g/mol. The first-order valence-electron chi connectivity index (χ1n) is 8.62. The Morgan fingerprint density at radius 2 is 1.89 bits per heavy atom. The first-order valence-corrected chi connectivity index (χ1v) is 8.62. The highest BCUT2D eigenvalue weighted by Crippen LogP contribution is 2.30. The number of carbonyl (C=O) groups is 1. The fourth-order valence-electron chi connectivity index (χ4n) is 2.79. The molecule has 0 saturated carbocycles. The number of halogens is 3. The van der Waals surface area contributed by atoms with E-state index in [1.807, 2.05) is 0 Å². The van der Waals surface area contributed by atoms with E-state index in [0.29, 0.717) is 11.2 Å². The fraction of sp³-hybridized carbons (Fsp3) is 0.316. The SMILES string of the molecule is CC(CC(=O)OCCn1nc2ccccn2c1=O)c1ccc(C(F)(F)F)cc1. The summed E-state index contributed by atoms with van der Waals surface area (Å²) in [6.45, 7) is 1.82. The number of esters is 1. The van der Waals surface area contributed by atoms with E-state index in [2.05, 4.69) is 5.10 Å². The van der Waals surface area contributed by atoms with E-state index in [-0.39, 0.29) is 31.2 Å². The van der Waals surface area contributed by atoms with E-state index in [0.717, 1.165) is 12.1 Å². The van der Waals surface area contributed by atoms with Gasteiger partial charge in [0.05, 0.1) is 18.5 Å². The van der Waals surface area contributed by atoms with Gasteiger partial charge in [0, 0.05) is 6.20 Å². The normalized spacial score (nSPS) is 12.9. The smallest absolute Gasteiger partial charge is 0.416 e. The largest absolute Gasteiger partial charge is 0.464 e. The Morgan fingerprint density at radius 1 is 1.18 bits per heavy atom. The Morgan fingerprint density at radius 3 is 2.54 bits per heavy atom. The van der Waals surface area contributed by atoms with Crippen molar-refractivity contribution in [2.45, 2.75) is 32.0 Å². The number of hydrogen-bond donors (Lipinski definition) is 0. The van der Waals surface area contributed by atoms with Gasteiger partial charge in [0.15, 0.2) is 5.65 Å². The minimum Gasteiger partial charge on any atom is -0.464 e. The molecule has 0 N–H and O–H groups in total. The highest BCUT2D eigenvalue weighted by molar-refractivity contribution is 5.70. The van der Waals surface area contributed by atoms with Gasteiger partial charge in [-0.1, -0.05) is 25.1 Å². The molecule has 148 valence electrons. The topological polar surface area (TPSA) is 65.6 Å². The summed E-state index contributed by atoms with van der Waals surface area (Å²) in [4.78, 5) is 24.1. The fourth-order valence-corrected chi connectivity index (χ4v) is 2.79. The van der Waals surface area contributed by atoms with E-state index < -0.39 is 17.7 Å². The van der Waals surface area contributed by atoms with Crippen molar-refractivity contribution in [1.29, 1.82) is 0 Å². The molecule has 0 spiro atoms. The van der Waals surface area contributed by atoms with Crippen molar-refractivity contribution in [3.63, 3.8) is 0 Å². The molecule has 2 aromatic heterocycles. The van der Waals surface area contributed by atoms with E-state index in [1.54, 1.807) is 31.3 Å². The Balaban J connectivity index is 1.52. The van der Waals surface area contributed by atoms with Crippen LogP contribution in [0.3, 0.4) is 0 Å². The lowest BCUT2D eigenvalue weighted by molar-refractivity contribution is -0.144. The summed E-state index contributed by atoms with van der Waals surface area (Å²) < 4.78 is 45.5. The summed E-state index contributed by atoms with van der Waals surface area (Å²) in [5, 5.41) is 4.13. The molecule has 0 aliphatic carbocycles. The molecule has 1 atom stereocenters. The van der Waals surface area contributed by atoms with Crippen LogP contribution in [-0.4, -0.2) is 26.8 Å². The van der Waals surface area contributed by atoms with Gasteiger partial charge in [0.2, 0.25) is 0 Å². The predicted molar refractivity (Wildman–Crippen MR) is 94.9 cm³/mol. The predicted octanol–water partition coefficient (Wildman–Crippen LogP) is 3.25. The number of hydrogen-bond acceptors (Lipinski definition) is 4. The average molecular weight is 393 g/mol. The van der Waals surface area contributed by atoms with Crippen LogP contribution in [0.2, 0.25) is 0 Å². The molecular formula is C19H18F3N3O3. The lowest BCUT2D eigenvalue weighted by atomic mass is 9.97. The number of alkyl halides is 3. The van der Waals surface area contributed by atoms with E-state index >= 15 is 0 Å². The molecule has 3 rings (SSSR count). The van der Waals surface area contributed by atoms with Crippen molar-refractivity contribution in [3.8, 4) is 0 Å². The standard InChI is InChI=1S/C19H18F3N3O3/c1-13(14-5-7-15(8-6-14)19(20,21)22)12-17(26)28-11-10-25-18(27)24-9-3-2-4-16(24)23-25/h2-9,13H,10-12H2,1H3. The molecule has 0 bridgehead atoms. The monoisotopic (exact) mass is 393 g/mol. The minimum absolute atomic E-state index is 0.0193. The molecule has 0 saturated heterocycles. The average Bonchev–Trinajstić information content (AvgIpc) is 2.97. The van der Waals surface area contributed by atoms with Gasteiger partial charge in [-0.3, -0.25) is 9.20 Å². The zero-order valence-corrected chi connectivity index (χ0v) is 15.0. The number of rotatable bonds is 6. The third kappa shape index (κ3) is 4.41. The van der Waals surface area contributed by atoms with Crippen molar-refractivity contribution < 1.29 is 22.7 Å². The second-order valence-corrected chi connectivity index (χ2v) is 6.38. The van der Waals surface area contributed by atoms with Gasteiger partial charge in [-0.05, 0) is 35.7 Å². The first-order chi connectivity index (χ1) is 13.3. The number of carbonyl (C=O) groups excluding carboxylic acids is 1. The Bertz CT molecular complexity index is 1020. The summed E-state index contributed by atoms with van der Waals surface area (Å²) in [6.07, 6.45) is -2.78. The number of aromatic nitrogens is 3. The van der Waals surface area contributed by atoms with Gasteiger partial charge in [0.25, 0.3) is 0 Å². The maximum absolute atomic E-state index is 12.6. The van der Waals surface area contributed by atoms with Gasteiger partial charge in [-0.2, -0.15) is 13.2 Å². The van der Waals surface area contributed by atoms with Crippen LogP contribution >= 0.6 is 0 Å². The Hall–Kier alpha value is -3.10. The number of ether oxygens (including phenoxy) is 1. The number of pyridine rings is 1. The molecule has 1 unspecified atom stereocenters. The summed E-state index contributed by atoms with van der Waals surface area (Å²) in [5.41, 5.74) is 0.0463. The molecule has 9 heteroatoms. The summed E-state index contributed by atoms with van der Waals surface area (Å²) >= 11 is 0.